The number of hydrogen-bond acceptors (Lipinski definition) is 8. The van der Waals surface area contributed by atoms with E-state index in [9.17, 15) is 19.2 Å². The molecule has 0 bridgehead atoms. The number of carbonyl (C=O) groups is 2. The number of aliphatic hydroxyl groups excluding tert-OH is 2. The zero-order chi connectivity index (χ0) is 27.6. The lowest BCUT2D eigenvalue weighted by Crippen LogP contribution is -2.39. The molecule has 0 aliphatic heterocycles. The molecule has 0 spiro atoms. The number of aliphatic imine (C=N–C) groups is 2. The van der Waals surface area contributed by atoms with E-state index in [1.54, 1.807) is 12.2 Å². The first-order chi connectivity index (χ1) is 16.9. The summed E-state index contributed by atoms with van der Waals surface area (Å²) < 4.78 is 0. The third-order valence-corrected chi connectivity index (χ3v) is 5.61. The number of nitrogens with zero attached hydrogens (tertiary/aromatic N) is 2. The summed E-state index contributed by atoms with van der Waals surface area (Å²) in [6, 6.07) is 5.20. The van der Waals surface area contributed by atoms with Crippen molar-refractivity contribution in [3.05, 3.63) is 35.4 Å². The van der Waals surface area contributed by atoms with E-state index in [2.05, 4.69) is 30.8 Å². The van der Waals surface area contributed by atoms with Gasteiger partial charge in [0, 0.05) is 13.2 Å². The van der Waals surface area contributed by atoms with Gasteiger partial charge in [0.25, 0.3) is 0 Å². The number of carboxylic acid groups (broad SMARTS) is 2. The van der Waals surface area contributed by atoms with Crippen LogP contribution in [0.25, 0.3) is 0 Å². The van der Waals surface area contributed by atoms with Crippen LogP contribution in [0.15, 0.2) is 34.3 Å². The summed E-state index contributed by atoms with van der Waals surface area (Å²) in [5, 5.41) is 33.6. The molecule has 4 N–H and O–H groups in total. The van der Waals surface area contributed by atoms with Crippen molar-refractivity contribution >= 4 is 24.1 Å². The molecule has 0 saturated heterocycles. The van der Waals surface area contributed by atoms with Crippen molar-refractivity contribution in [2.24, 2.45) is 20.8 Å². The molecule has 0 radical (unpaired) electrons. The molecule has 0 amide bonds. The predicted octanol–water partition coefficient (Wildman–Crippen LogP) is 3.86. The van der Waals surface area contributed by atoms with Gasteiger partial charge in [0.05, 0.1) is 23.7 Å². The highest BCUT2D eigenvalue weighted by Crippen LogP contribution is 2.47. The number of aromatic carboxylic acids is 2. The second kappa shape index (κ2) is 17.3. The molecule has 36 heavy (non-hydrogen) atoms. The zero-order valence-corrected chi connectivity index (χ0v) is 21.3. The second-order valence-corrected chi connectivity index (χ2v) is 9.89. The molecule has 1 aliphatic carbocycles. The van der Waals surface area contributed by atoms with Crippen LogP contribution in [0, 0.1) is 10.8 Å². The van der Waals surface area contributed by atoms with Crippen molar-refractivity contribution in [3.8, 4) is 0 Å². The summed E-state index contributed by atoms with van der Waals surface area (Å²) in [6.45, 7) is 7.43. The fourth-order valence-electron chi connectivity index (χ4n) is 4.45. The van der Waals surface area contributed by atoms with Gasteiger partial charge in [-0.15, -0.1) is 0 Å². The minimum atomic E-state index is -1.13. The monoisotopic (exact) mass is 506 g/mol. The molecule has 2 atom stereocenters. The molecule has 10 nitrogen and oxygen atoms in total. The molecule has 1 aromatic rings. The van der Waals surface area contributed by atoms with Crippen LogP contribution in [0.4, 0.5) is 0 Å². The van der Waals surface area contributed by atoms with Crippen LogP contribution in [0.1, 0.15) is 86.4 Å². The smallest absolute Gasteiger partial charge is 0.335 e. The molecule has 2 unspecified atom stereocenters. The van der Waals surface area contributed by atoms with Gasteiger partial charge in [-0.3, -0.25) is 0 Å². The van der Waals surface area contributed by atoms with E-state index >= 15 is 0 Å². The van der Waals surface area contributed by atoms with Gasteiger partial charge in [-0.25, -0.2) is 29.2 Å². The Kier molecular flexibility index (Phi) is 15.8. The summed E-state index contributed by atoms with van der Waals surface area (Å²) in [6.07, 6.45) is 9.71. The minimum Gasteiger partial charge on any atom is -0.478 e. The van der Waals surface area contributed by atoms with Crippen LogP contribution in [-0.2, 0) is 9.59 Å². The number of carbonyl (C=O) groups excluding carboxylic acids is 2. The summed E-state index contributed by atoms with van der Waals surface area (Å²) >= 11 is 0. The Labute approximate surface area is 211 Å². The van der Waals surface area contributed by atoms with E-state index in [1.807, 2.05) is 0 Å². The lowest BCUT2D eigenvalue weighted by Gasteiger charge is -2.44. The second-order valence-electron chi connectivity index (χ2n) is 9.89. The molecular weight excluding hydrogens is 468 g/mol. The number of benzene rings is 1. The largest absolute Gasteiger partial charge is 0.478 e. The summed E-state index contributed by atoms with van der Waals surface area (Å²) in [5.74, 6) is -2.25. The van der Waals surface area contributed by atoms with Crippen LogP contribution < -0.4 is 0 Å². The molecule has 10 heteroatoms. The Balaban J connectivity index is 0.000000542. The van der Waals surface area contributed by atoms with Gasteiger partial charge in [-0.2, -0.15) is 0 Å². The number of unbranched alkanes of at least 4 members (excludes halogenated alkanes) is 3. The van der Waals surface area contributed by atoms with Crippen molar-refractivity contribution in [1.82, 2.24) is 0 Å². The maximum Gasteiger partial charge on any atom is 0.335 e. The average Bonchev–Trinajstić information content (AvgIpc) is 2.80. The number of rotatable bonds is 10. The third-order valence-electron chi connectivity index (χ3n) is 5.61. The van der Waals surface area contributed by atoms with Crippen molar-refractivity contribution in [1.29, 1.82) is 0 Å². The molecule has 0 heterocycles. The van der Waals surface area contributed by atoms with E-state index in [0.29, 0.717) is 6.54 Å². The first-order valence-electron chi connectivity index (χ1n) is 11.8. The van der Waals surface area contributed by atoms with Gasteiger partial charge in [0.1, 0.15) is 0 Å². The maximum atomic E-state index is 10.4. The first kappa shape index (κ1) is 32.8. The van der Waals surface area contributed by atoms with E-state index < -0.39 is 11.9 Å². The molecule has 2 rings (SSSR count). The molecule has 1 fully saturated rings. The van der Waals surface area contributed by atoms with E-state index in [1.165, 1.54) is 18.2 Å². The Morgan fingerprint density at radius 1 is 0.917 bits per heavy atom. The van der Waals surface area contributed by atoms with Crippen molar-refractivity contribution in [3.63, 3.8) is 0 Å². The van der Waals surface area contributed by atoms with Crippen molar-refractivity contribution in [2.45, 2.75) is 71.8 Å². The lowest BCUT2D eigenvalue weighted by atomic mass is 9.63. The van der Waals surface area contributed by atoms with Crippen LogP contribution in [-0.4, -0.2) is 70.3 Å². The zero-order valence-electron chi connectivity index (χ0n) is 21.3. The van der Waals surface area contributed by atoms with Gasteiger partial charge in [-0.1, -0.05) is 39.7 Å². The van der Waals surface area contributed by atoms with E-state index in [4.69, 9.17) is 20.4 Å². The van der Waals surface area contributed by atoms with E-state index in [-0.39, 0.29) is 41.2 Å². The quantitative estimate of drug-likeness (QED) is 0.210. The lowest BCUT2D eigenvalue weighted by molar-refractivity contribution is 0.0696. The molecule has 1 aliphatic rings. The Bertz CT molecular complexity index is 885. The average molecular weight is 507 g/mol. The number of carboxylic acids is 2. The van der Waals surface area contributed by atoms with Crippen LogP contribution >= 0.6 is 0 Å². The topological polar surface area (TPSA) is 174 Å². The predicted molar refractivity (Wildman–Crippen MR) is 134 cm³/mol. The van der Waals surface area contributed by atoms with E-state index in [0.717, 1.165) is 51.0 Å². The van der Waals surface area contributed by atoms with Gasteiger partial charge in [0.2, 0.25) is 12.2 Å². The maximum absolute atomic E-state index is 10.4. The van der Waals surface area contributed by atoms with Crippen molar-refractivity contribution in [2.75, 3.05) is 19.8 Å². The molecule has 0 aromatic heterocycles. The Morgan fingerprint density at radius 3 is 1.86 bits per heavy atom. The number of aliphatic hydroxyl groups is 2. The number of isocyanates is 2. The highest BCUT2D eigenvalue weighted by molar-refractivity contribution is 5.93. The minimum absolute atomic E-state index is 0.00750. The third kappa shape index (κ3) is 14.3. The normalized spacial score (nSPS) is 19.6. The van der Waals surface area contributed by atoms with Gasteiger partial charge >= 0.3 is 11.9 Å². The standard InChI is InChI=1S/C12H18N2O2.C8H6O4.C6H14O2/c1-11(2)4-10(14-9-16)5-12(3,6-11)7-13-8-15;9-7(10)5-2-1-3-6(4-5)8(11)12;7-5-3-1-2-4-6-8/h10H,4-7H2,1-3H3;1-4H,(H,9,10)(H,11,12);7-8H,1-6H2. The number of hydrogen-bond donors (Lipinski definition) is 4. The highest BCUT2D eigenvalue weighted by atomic mass is 16.4. The Hall–Kier alpha value is -3.16. The SMILES string of the molecule is CC1(C)CC(N=C=O)CC(C)(CN=C=O)C1.O=C(O)c1cccc(C(=O)O)c1.OCCCCCCO. The van der Waals surface area contributed by atoms with Crippen LogP contribution in [0.2, 0.25) is 0 Å². The fourth-order valence-corrected chi connectivity index (χ4v) is 4.45. The summed E-state index contributed by atoms with van der Waals surface area (Å²) in [7, 11) is 0. The Morgan fingerprint density at radius 2 is 1.44 bits per heavy atom. The van der Waals surface area contributed by atoms with Crippen LogP contribution in [0.5, 0.6) is 0 Å². The van der Waals surface area contributed by atoms with Gasteiger partial charge in [0.15, 0.2) is 0 Å². The molecule has 1 aromatic carbocycles. The first-order valence-corrected chi connectivity index (χ1v) is 11.8. The van der Waals surface area contributed by atoms with Crippen molar-refractivity contribution < 1.29 is 39.6 Å². The molecule has 1 saturated carbocycles. The summed E-state index contributed by atoms with van der Waals surface area (Å²) in [4.78, 5) is 48.8. The fraction of sp³-hybridized carbons (Fsp3) is 0.615. The highest BCUT2D eigenvalue weighted by Gasteiger charge is 2.41. The molecule has 200 valence electrons. The summed E-state index contributed by atoms with van der Waals surface area (Å²) in [5.41, 5.74) is 0.0189. The van der Waals surface area contributed by atoms with Gasteiger partial charge in [-0.05, 0) is 61.1 Å². The van der Waals surface area contributed by atoms with Gasteiger partial charge < -0.3 is 20.4 Å². The molecular formula is C26H38N2O8. The van der Waals surface area contributed by atoms with Crippen LogP contribution in [0.3, 0.4) is 0 Å².